The molecule has 2 fully saturated rings. The van der Waals surface area contributed by atoms with Crippen molar-refractivity contribution in [3.63, 3.8) is 0 Å². The Kier molecular flexibility index (Phi) is 5.02. The number of nitrogens with one attached hydrogen (secondary N) is 1. The van der Waals surface area contributed by atoms with Crippen LogP contribution in [0.5, 0.6) is 5.88 Å². The molecule has 0 aromatic carbocycles. The van der Waals surface area contributed by atoms with Gasteiger partial charge >= 0.3 is 5.97 Å². The lowest BCUT2D eigenvalue weighted by Gasteiger charge is -2.28. The molecule has 0 atom stereocenters. The van der Waals surface area contributed by atoms with E-state index in [1.165, 1.54) is 19.0 Å². The van der Waals surface area contributed by atoms with Gasteiger partial charge in [0.2, 0.25) is 5.88 Å². The van der Waals surface area contributed by atoms with Crippen molar-refractivity contribution in [3.05, 3.63) is 23.9 Å². The Labute approximate surface area is 141 Å². The molecule has 1 heterocycles. The van der Waals surface area contributed by atoms with Gasteiger partial charge in [-0.2, -0.15) is 0 Å². The Morgan fingerprint density at radius 1 is 1.21 bits per heavy atom. The van der Waals surface area contributed by atoms with Crippen molar-refractivity contribution in [1.82, 2.24) is 10.3 Å². The smallest absolute Gasteiger partial charge is 0.305 e. The molecular formula is C18H24N2O4. The minimum atomic E-state index is -0.879. The molecule has 130 valence electrons. The van der Waals surface area contributed by atoms with Crippen LogP contribution in [0.3, 0.4) is 0 Å². The third-order valence-corrected chi connectivity index (χ3v) is 5.02. The van der Waals surface area contributed by atoms with Crippen LogP contribution in [-0.2, 0) is 4.79 Å². The summed E-state index contributed by atoms with van der Waals surface area (Å²) in [5.74, 6) is -0.603. The first-order valence-corrected chi connectivity index (χ1v) is 8.73. The number of rotatable bonds is 6. The molecule has 2 aliphatic rings. The van der Waals surface area contributed by atoms with Crippen LogP contribution in [0.2, 0.25) is 0 Å². The Bertz CT molecular complexity index is 588. The fourth-order valence-corrected chi connectivity index (χ4v) is 3.76. The minimum absolute atomic E-state index is 0.0327. The van der Waals surface area contributed by atoms with Gasteiger partial charge in [-0.05, 0) is 44.6 Å². The summed E-state index contributed by atoms with van der Waals surface area (Å²) in [5, 5.41) is 12.0. The van der Waals surface area contributed by atoms with Gasteiger partial charge in [-0.1, -0.05) is 12.8 Å². The molecule has 1 aromatic heterocycles. The van der Waals surface area contributed by atoms with Crippen molar-refractivity contribution >= 4 is 11.9 Å². The molecular weight excluding hydrogens is 308 g/mol. The zero-order chi connectivity index (χ0) is 17.0. The largest absolute Gasteiger partial charge is 0.481 e. The average molecular weight is 332 g/mol. The van der Waals surface area contributed by atoms with E-state index in [-0.39, 0.29) is 18.4 Å². The van der Waals surface area contributed by atoms with Crippen LogP contribution in [0.4, 0.5) is 0 Å². The van der Waals surface area contributed by atoms with Gasteiger partial charge in [0.05, 0.1) is 17.5 Å². The number of ether oxygens (including phenoxy) is 1. The van der Waals surface area contributed by atoms with Crippen LogP contribution < -0.4 is 10.1 Å². The van der Waals surface area contributed by atoms with E-state index in [1.54, 1.807) is 12.1 Å². The summed E-state index contributed by atoms with van der Waals surface area (Å²) in [6.45, 7) is 0. The summed E-state index contributed by atoms with van der Waals surface area (Å²) in [7, 11) is 0. The molecule has 0 bridgehead atoms. The summed E-state index contributed by atoms with van der Waals surface area (Å²) in [5.41, 5.74) is -0.187. The number of carbonyl (C=O) groups is 2. The summed E-state index contributed by atoms with van der Waals surface area (Å²) in [6.07, 6.45) is 9.51. The summed E-state index contributed by atoms with van der Waals surface area (Å²) >= 11 is 0. The maximum Gasteiger partial charge on any atom is 0.305 e. The highest BCUT2D eigenvalue weighted by molar-refractivity contribution is 5.94. The van der Waals surface area contributed by atoms with Gasteiger partial charge in [-0.15, -0.1) is 0 Å². The van der Waals surface area contributed by atoms with Gasteiger partial charge in [0.15, 0.2) is 0 Å². The van der Waals surface area contributed by atoms with E-state index >= 15 is 0 Å². The van der Waals surface area contributed by atoms with Crippen molar-refractivity contribution in [2.45, 2.75) is 69.4 Å². The molecule has 0 saturated heterocycles. The second-order valence-electron chi connectivity index (χ2n) is 6.92. The van der Waals surface area contributed by atoms with E-state index < -0.39 is 11.5 Å². The molecule has 1 amide bonds. The second kappa shape index (κ2) is 7.20. The first kappa shape index (κ1) is 16.7. The predicted octanol–water partition coefficient (Wildman–Crippen LogP) is 2.92. The zero-order valence-corrected chi connectivity index (χ0v) is 13.8. The monoisotopic (exact) mass is 332 g/mol. The highest BCUT2D eigenvalue weighted by atomic mass is 16.5. The van der Waals surface area contributed by atoms with Crippen molar-refractivity contribution < 1.29 is 19.4 Å². The van der Waals surface area contributed by atoms with Gasteiger partial charge in [-0.25, -0.2) is 4.98 Å². The number of amides is 1. The molecule has 0 unspecified atom stereocenters. The Hall–Kier alpha value is -2.11. The third kappa shape index (κ3) is 4.04. The van der Waals surface area contributed by atoms with Crippen molar-refractivity contribution in [3.8, 4) is 5.88 Å². The number of aromatic nitrogens is 1. The maximum absolute atomic E-state index is 12.5. The fourth-order valence-electron chi connectivity index (χ4n) is 3.76. The Morgan fingerprint density at radius 3 is 2.50 bits per heavy atom. The minimum Gasteiger partial charge on any atom is -0.481 e. The van der Waals surface area contributed by atoms with Gasteiger partial charge in [0.25, 0.3) is 5.91 Å². The maximum atomic E-state index is 12.5. The van der Waals surface area contributed by atoms with Gasteiger partial charge in [-0.3, -0.25) is 9.59 Å². The number of pyridine rings is 1. The Balaban J connectivity index is 1.62. The molecule has 0 radical (unpaired) electrons. The molecule has 2 saturated carbocycles. The lowest BCUT2D eigenvalue weighted by molar-refractivity contribution is -0.138. The highest BCUT2D eigenvalue weighted by Gasteiger charge is 2.37. The summed E-state index contributed by atoms with van der Waals surface area (Å²) in [6, 6.07) is 3.40. The quantitative estimate of drug-likeness (QED) is 0.836. The number of nitrogens with zero attached hydrogens (tertiary/aromatic N) is 1. The molecule has 6 heteroatoms. The molecule has 3 rings (SSSR count). The normalized spacial score (nSPS) is 20.0. The van der Waals surface area contributed by atoms with E-state index in [1.807, 2.05) is 0 Å². The van der Waals surface area contributed by atoms with Crippen LogP contribution in [0.25, 0.3) is 0 Å². The van der Waals surface area contributed by atoms with Crippen LogP contribution >= 0.6 is 0 Å². The molecule has 0 spiro atoms. The molecule has 24 heavy (non-hydrogen) atoms. The molecule has 1 aromatic rings. The van der Waals surface area contributed by atoms with Gasteiger partial charge in [0, 0.05) is 12.3 Å². The standard InChI is InChI=1S/C18H24N2O4/c21-16(22)11-18(9-3-4-10-18)20-17(23)13-7-8-15(19-12-13)24-14-5-1-2-6-14/h7-8,12,14H,1-6,9-11H2,(H,20,23)(H,21,22). The third-order valence-electron chi connectivity index (χ3n) is 5.02. The summed E-state index contributed by atoms with van der Waals surface area (Å²) < 4.78 is 5.80. The first-order valence-electron chi connectivity index (χ1n) is 8.73. The number of carbonyl (C=O) groups excluding carboxylic acids is 1. The number of hydrogen-bond donors (Lipinski definition) is 2. The first-order chi connectivity index (χ1) is 11.6. The lowest BCUT2D eigenvalue weighted by atomic mass is 9.93. The second-order valence-corrected chi connectivity index (χ2v) is 6.92. The van der Waals surface area contributed by atoms with E-state index in [0.29, 0.717) is 24.3 Å². The van der Waals surface area contributed by atoms with E-state index in [4.69, 9.17) is 9.84 Å². The van der Waals surface area contributed by atoms with Crippen molar-refractivity contribution in [1.29, 1.82) is 0 Å². The van der Waals surface area contributed by atoms with E-state index in [2.05, 4.69) is 10.3 Å². The van der Waals surface area contributed by atoms with E-state index in [9.17, 15) is 9.59 Å². The van der Waals surface area contributed by atoms with Crippen molar-refractivity contribution in [2.24, 2.45) is 0 Å². The predicted molar refractivity (Wildman–Crippen MR) is 88.0 cm³/mol. The van der Waals surface area contributed by atoms with Gasteiger partial charge in [0.1, 0.15) is 6.10 Å². The van der Waals surface area contributed by atoms with Crippen LogP contribution in [0, 0.1) is 0 Å². The van der Waals surface area contributed by atoms with Crippen molar-refractivity contribution in [2.75, 3.05) is 0 Å². The number of carboxylic acids is 1. The average Bonchev–Trinajstić information content (AvgIpc) is 3.20. The van der Waals surface area contributed by atoms with Crippen LogP contribution in [0.1, 0.15) is 68.1 Å². The zero-order valence-electron chi connectivity index (χ0n) is 13.8. The molecule has 0 aliphatic heterocycles. The highest BCUT2D eigenvalue weighted by Crippen LogP contribution is 2.33. The molecule has 2 aliphatic carbocycles. The Morgan fingerprint density at radius 2 is 1.92 bits per heavy atom. The molecule has 2 N–H and O–H groups in total. The topological polar surface area (TPSA) is 88.5 Å². The lowest BCUT2D eigenvalue weighted by Crippen LogP contribution is -2.47. The fraction of sp³-hybridized carbons (Fsp3) is 0.611. The van der Waals surface area contributed by atoms with Crippen LogP contribution in [-0.4, -0.2) is 33.6 Å². The number of hydrogen-bond acceptors (Lipinski definition) is 4. The number of aliphatic carboxylic acids is 1. The SMILES string of the molecule is O=C(O)CC1(NC(=O)c2ccc(OC3CCCC3)nc2)CCCC1. The van der Waals surface area contributed by atoms with Gasteiger partial charge < -0.3 is 15.2 Å². The number of carboxylic acid groups (broad SMARTS) is 1. The molecule has 6 nitrogen and oxygen atoms in total. The van der Waals surface area contributed by atoms with Crippen LogP contribution in [0.15, 0.2) is 18.3 Å². The summed E-state index contributed by atoms with van der Waals surface area (Å²) in [4.78, 5) is 27.8. The van der Waals surface area contributed by atoms with E-state index in [0.717, 1.165) is 25.7 Å².